The maximum absolute atomic E-state index is 5.32. The molecule has 3 heteroatoms. The SMILES string of the molecule is C=C/C(N)=C(\Br)I. The van der Waals surface area contributed by atoms with Gasteiger partial charge < -0.3 is 5.73 Å². The third-order valence-electron chi connectivity index (χ3n) is 0.438. The van der Waals surface area contributed by atoms with Gasteiger partial charge in [-0.2, -0.15) is 0 Å². The highest BCUT2D eigenvalue weighted by atomic mass is 127. The summed E-state index contributed by atoms with van der Waals surface area (Å²) in [5.74, 6) is 0. The highest BCUT2D eigenvalue weighted by Crippen LogP contribution is 2.16. The number of halogens is 2. The Hall–Kier alpha value is 0.490. The summed E-state index contributed by atoms with van der Waals surface area (Å²) in [5, 5.41) is 0. The largest absolute Gasteiger partial charge is 0.397 e. The zero-order valence-corrected chi connectivity index (χ0v) is 7.36. The molecule has 0 fully saturated rings. The average molecular weight is 274 g/mol. The smallest absolute Gasteiger partial charge is 0.0787 e. The van der Waals surface area contributed by atoms with E-state index < -0.39 is 0 Å². The minimum absolute atomic E-state index is 0.681. The van der Waals surface area contributed by atoms with Crippen molar-refractivity contribution in [3.05, 3.63) is 20.8 Å². The molecule has 2 N–H and O–H groups in total. The lowest BCUT2D eigenvalue weighted by Gasteiger charge is -1.87. The second kappa shape index (κ2) is 3.49. The van der Waals surface area contributed by atoms with Crippen LogP contribution in [0.5, 0.6) is 0 Å². The van der Waals surface area contributed by atoms with Gasteiger partial charge in [-0.15, -0.1) is 0 Å². The quantitative estimate of drug-likeness (QED) is 0.575. The first-order valence-corrected chi connectivity index (χ1v) is 3.49. The van der Waals surface area contributed by atoms with Crippen LogP contribution in [0.3, 0.4) is 0 Å². The minimum Gasteiger partial charge on any atom is -0.397 e. The maximum atomic E-state index is 5.32. The van der Waals surface area contributed by atoms with Gasteiger partial charge in [0.1, 0.15) is 0 Å². The van der Waals surface area contributed by atoms with E-state index in [1.807, 2.05) is 0 Å². The van der Waals surface area contributed by atoms with E-state index in [1.54, 1.807) is 6.08 Å². The van der Waals surface area contributed by atoms with Crippen molar-refractivity contribution in [3.8, 4) is 0 Å². The summed E-state index contributed by atoms with van der Waals surface area (Å²) < 4.78 is 0.903. The van der Waals surface area contributed by atoms with Crippen molar-refractivity contribution in [2.24, 2.45) is 5.73 Å². The minimum atomic E-state index is 0.681. The zero-order chi connectivity index (χ0) is 5.86. The Kier molecular flexibility index (Phi) is 3.73. The molecule has 0 aromatic carbocycles. The molecule has 0 aliphatic rings. The van der Waals surface area contributed by atoms with Gasteiger partial charge in [0, 0.05) is 0 Å². The Morgan fingerprint density at radius 3 is 2.29 bits per heavy atom. The summed E-state index contributed by atoms with van der Waals surface area (Å²) in [6.45, 7) is 3.46. The normalized spacial score (nSPS) is 12.9. The lowest BCUT2D eigenvalue weighted by atomic mass is 10.5. The molecule has 40 valence electrons. The molecule has 7 heavy (non-hydrogen) atoms. The van der Waals surface area contributed by atoms with E-state index in [9.17, 15) is 0 Å². The van der Waals surface area contributed by atoms with Crippen LogP contribution in [0.15, 0.2) is 20.8 Å². The number of hydrogen-bond donors (Lipinski definition) is 1. The Labute approximate surface area is 64.9 Å². The van der Waals surface area contributed by atoms with Crippen molar-refractivity contribution in [2.45, 2.75) is 0 Å². The fraction of sp³-hybridized carbons (Fsp3) is 0. The van der Waals surface area contributed by atoms with E-state index in [-0.39, 0.29) is 0 Å². The van der Waals surface area contributed by atoms with Gasteiger partial charge in [-0.3, -0.25) is 0 Å². The Balaban J connectivity index is 3.98. The summed E-state index contributed by atoms with van der Waals surface area (Å²) in [6, 6.07) is 0. The van der Waals surface area contributed by atoms with Gasteiger partial charge in [0.25, 0.3) is 0 Å². The van der Waals surface area contributed by atoms with Gasteiger partial charge in [0.05, 0.1) is 8.19 Å². The molecule has 0 aliphatic carbocycles. The Bertz CT molecular complexity index is 104. The number of nitrogens with two attached hydrogens (primary N) is 1. The predicted molar refractivity (Wildman–Crippen MR) is 44.4 cm³/mol. The third-order valence-corrected chi connectivity index (χ3v) is 1.52. The van der Waals surface area contributed by atoms with Gasteiger partial charge in [-0.05, 0) is 44.6 Å². The van der Waals surface area contributed by atoms with E-state index in [2.05, 4.69) is 45.1 Å². The molecule has 0 rings (SSSR count). The van der Waals surface area contributed by atoms with Crippen LogP contribution in [0.2, 0.25) is 0 Å². The van der Waals surface area contributed by atoms with Crippen LogP contribution in [0.4, 0.5) is 0 Å². The molecule has 0 atom stereocenters. The van der Waals surface area contributed by atoms with Gasteiger partial charge >= 0.3 is 0 Å². The molecule has 0 radical (unpaired) electrons. The first-order valence-electron chi connectivity index (χ1n) is 1.61. The van der Waals surface area contributed by atoms with Gasteiger partial charge in [0.2, 0.25) is 0 Å². The zero-order valence-electron chi connectivity index (χ0n) is 3.62. The lowest BCUT2D eigenvalue weighted by Crippen LogP contribution is -1.90. The second-order valence-electron chi connectivity index (χ2n) is 0.920. The van der Waals surface area contributed by atoms with E-state index in [1.165, 1.54) is 0 Å². The molecule has 0 aliphatic heterocycles. The summed E-state index contributed by atoms with van der Waals surface area (Å²) >= 11 is 5.24. The molecule has 1 nitrogen and oxygen atoms in total. The van der Waals surface area contributed by atoms with Crippen molar-refractivity contribution in [1.29, 1.82) is 0 Å². The summed E-state index contributed by atoms with van der Waals surface area (Å²) in [5.41, 5.74) is 6.00. The van der Waals surface area contributed by atoms with Crippen LogP contribution in [0, 0.1) is 0 Å². The first kappa shape index (κ1) is 7.49. The Morgan fingerprint density at radius 2 is 2.29 bits per heavy atom. The highest BCUT2D eigenvalue weighted by molar-refractivity contribution is 14.1. The van der Waals surface area contributed by atoms with E-state index in [0.717, 1.165) is 2.49 Å². The van der Waals surface area contributed by atoms with Gasteiger partial charge in [-0.1, -0.05) is 6.58 Å². The lowest BCUT2D eigenvalue weighted by molar-refractivity contribution is 1.45. The van der Waals surface area contributed by atoms with Crippen molar-refractivity contribution < 1.29 is 0 Å². The standard InChI is InChI=1S/C4H5BrIN/c1-2-3(7)4(5)6/h2H,1,7H2/b4-3-. The summed E-state index contributed by atoms with van der Waals surface area (Å²) in [7, 11) is 0. The van der Waals surface area contributed by atoms with Crippen molar-refractivity contribution in [1.82, 2.24) is 0 Å². The van der Waals surface area contributed by atoms with E-state index in [0.29, 0.717) is 5.70 Å². The Morgan fingerprint density at radius 1 is 1.86 bits per heavy atom. The molecule has 0 saturated heterocycles. The molecule has 0 aromatic heterocycles. The molecule has 0 unspecified atom stereocenters. The van der Waals surface area contributed by atoms with Crippen LogP contribution in [0.1, 0.15) is 0 Å². The van der Waals surface area contributed by atoms with Gasteiger partial charge in [-0.25, -0.2) is 0 Å². The number of rotatable bonds is 1. The van der Waals surface area contributed by atoms with Crippen molar-refractivity contribution >= 4 is 38.5 Å². The third kappa shape index (κ3) is 3.11. The van der Waals surface area contributed by atoms with Crippen molar-refractivity contribution in [3.63, 3.8) is 0 Å². The molecule has 0 aromatic rings. The molecule has 0 amide bonds. The first-order chi connectivity index (χ1) is 3.18. The summed E-state index contributed by atoms with van der Waals surface area (Å²) in [4.78, 5) is 0. The topological polar surface area (TPSA) is 26.0 Å². The van der Waals surface area contributed by atoms with Crippen LogP contribution < -0.4 is 5.73 Å². The molecule has 0 bridgehead atoms. The van der Waals surface area contributed by atoms with Crippen molar-refractivity contribution in [2.75, 3.05) is 0 Å². The second-order valence-corrected chi connectivity index (χ2v) is 4.27. The fourth-order valence-electron chi connectivity index (χ4n) is 0.0772. The van der Waals surface area contributed by atoms with Crippen LogP contribution in [-0.4, -0.2) is 0 Å². The van der Waals surface area contributed by atoms with E-state index >= 15 is 0 Å². The molecular weight excluding hydrogens is 269 g/mol. The monoisotopic (exact) mass is 273 g/mol. The van der Waals surface area contributed by atoms with Gasteiger partial charge in [0.15, 0.2) is 0 Å². The van der Waals surface area contributed by atoms with E-state index in [4.69, 9.17) is 5.73 Å². The van der Waals surface area contributed by atoms with Crippen LogP contribution >= 0.6 is 38.5 Å². The average Bonchev–Trinajstić information content (AvgIpc) is 1.65. The molecule has 0 spiro atoms. The maximum Gasteiger partial charge on any atom is 0.0787 e. The number of allylic oxidation sites excluding steroid dienone is 1. The highest BCUT2D eigenvalue weighted by Gasteiger charge is 1.84. The number of hydrogen-bond acceptors (Lipinski definition) is 1. The summed E-state index contributed by atoms with van der Waals surface area (Å²) in [6.07, 6.45) is 1.59. The van der Waals surface area contributed by atoms with Crippen LogP contribution in [-0.2, 0) is 0 Å². The molecule has 0 saturated carbocycles. The van der Waals surface area contributed by atoms with Crippen LogP contribution in [0.25, 0.3) is 0 Å². The fourth-order valence-corrected chi connectivity index (χ4v) is 0.459. The predicted octanol–water partition coefficient (Wildman–Crippen LogP) is 2.13. The molecular formula is C4H5BrIN. The molecule has 0 heterocycles.